The van der Waals surface area contributed by atoms with Crippen LogP contribution in [0.2, 0.25) is 0 Å². The largest absolute Gasteiger partial charge is 0.351 e. The van der Waals surface area contributed by atoms with Crippen molar-refractivity contribution in [3.8, 4) is 0 Å². The van der Waals surface area contributed by atoms with Gasteiger partial charge in [-0.2, -0.15) is 0 Å². The molecule has 0 aliphatic carbocycles. The normalized spacial score (nSPS) is 20.5. The lowest BCUT2D eigenvalue weighted by molar-refractivity contribution is 0.0946. The zero-order chi connectivity index (χ0) is 20.6. The minimum Gasteiger partial charge on any atom is -0.351 e. The summed E-state index contributed by atoms with van der Waals surface area (Å²) in [6, 6.07) is 8.08. The Hall–Kier alpha value is -2.08. The molecule has 0 spiro atoms. The summed E-state index contributed by atoms with van der Waals surface area (Å²) in [6.07, 6.45) is 5.90. The molecule has 2 aliphatic rings. The van der Waals surface area contributed by atoms with E-state index in [0.29, 0.717) is 18.7 Å². The number of amides is 3. The number of hydrogen-bond acceptors (Lipinski definition) is 3. The van der Waals surface area contributed by atoms with Gasteiger partial charge in [-0.3, -0.25) is 4.79 Å². The van der Waals surface area contributed by atoms with Crippen LogP contribution in [-0.4, -0.2) is 67.0 Å². The molecular formula is C23H36N4O2. The molecule has 1 aromatic rings. The van der Waals surface area contributed by atoms with Crippen LogP contribution in [0.1, 0.15) is 67.8 Å². The number of carbonyl (C=O) groups is 2. The van der Waals surface area contributed by atoms with E-state index in [9.17, 15) is 9.59 Å². The number of rotatable bonds is 6. The lowest BCUT2D eigenvalue weighted by Crippen LogP contribution is -2.47. The molecule has 3 rings (SSSR count). The first kappa shape index (κ1) is 21.6. The molecule has 0 saturated carbocycles. The second kappa shape index (κ2) is 10.6. The molecule has 2 saturated heterocycles. The summed E-state index contributed by atoms with van der Waals surface area (Å²) in [4.78, 5) is 29.3. The van der Waals surface area contributed by atoms with Crippen molar-refractivity contribution in [3.63, 3.8) is 0 Å². The Kier molecular flexibility index (Phi) is 7.92. The second-order valence-electron chi connectivity index (χ2n) is 8.67. The van der Waals surface area contributed by atoms with E-state index in [1.54, 1.807) is 0 Å². The molecule has 1 atom stereocenters. The average molecular weight is 401 g/mol. The third-order valence-corrected chi connectivity index (χ3v) is 5.90. The highest BCUT2D eigenvalue weighted by molar-refractivity contribution is 5.94. The van der Waals surface area contributed by atoms with E-state index in [2.05, 4.69) is 21.6 Å². The van der Waals surface area contributed by atoms with Gasteiger partial charge in [-0.25, -0.2) is 4.79 Å². The van der Waals surface area contributed by atoms with Gasteiger partial charge in [0.2, 0.25) is 0 Å². The molecule has 2 aliphatic heterocycles. The highest BCUT2D eigenvalue weighted by Crippen LogP contribution is 2.27. The van der Waals surface area contributed by atoms with Crippen molar-refractivity contribution in [1.29, 1.82) is 0 Å². The zero-order valence-electron chi connectivity index (χ0n) is 18.0. The van der Waals surface area contributed by atoms with Crippen molar-refractivity contribution in [2.24, 2.45) is 0 Å². The molecule has 1 aromatic carbocycles. The van der Waals surface area contributed by atoms with E-state index in [-0.39, 0.29) is 23.9 Å². The average Bonchev–Trinajstić information content (AvgIpc) is 2.74. The van der Waals surface area contributed by atoms with Crippen molar-refractivity contribution in [2.45, 2.75) is 57.9 Å². The van der Waals surface area contributed by atoms with Crippen molar-refractivity contribution >= 4 is 11.9 Å². The minimum atomic E-state index is -0.00549. The lowest BCUT2D eigenvalue weighted by atomic mass is 9.89. The first-order valence-corrected chi connectivity index (χ1v) is 11.2. The molecule has 0 aromatic heterocycles. The number of benzene rings is 1. The van der Waals surface area contributed by atoms with Gasteiger partial charge in [0.05, 0.1) is 0 Å². The molecule has 2 N–H and O–H groups in total. The Morgan fingerprint density at radius 3 is 2.66 bits per heavy atom. The maximum absolute atomic E-state index is 12.6. The van der Waals surface area contributed by atoms with Crippen LogP contribution in [0.3, 0.4) is 0 Å². The second-order valence-corrected chi connectivity index (χ2v) is 8.67. The standard InChI is InChI=1S/C23H36N4O2/c1-18(2)25-23(29)27-14-7-10-21(17-27)19-8-6-9-20(16-19)22(28)24-11-15-26-12-4-3-5-13-26/h6,8-9,16,18,21H,3-5,7,10-15,17H2,1-2H3,(H,24,28)(H,25,29). The summed E-state index contributed by atoms with van der Waals surface area (Å²) in [5.41, 5.74) is 1.86. The summed E-state index contributed by atoms with van der Waals surface area (Å²) < 4.78 is 0. The maximum atomic E-state index is 12.6. The van der Waals surface area contributed by atoms with Crippen LogP contribution in [-0.2, 0) is 0 Å². The van der Waals surface area contributed by atoms with Gasteiger partial charge in [0.1, 0.15) is 0 Å². The molecule has 0 radical (unpaired) electrons. The fraction of sp³-hybridized carbons (Fsp3) is 0.652. The van der Waals surface area contributed by atoms with Gasteiger partial charge in [-0.05, 0) is 70.3 Å². The molecule has 160 valence electrons. The number of urea groups is 1. The van der Waals surface area contributed by atoms with Gasteiger partial charge in [0.15, 0.2) is 0 Å². The molecule has 6 heteroatoms. The summed E-state index contributed by atoms with van der Waals surface area (Å²) in [6.45, 7) is 9.37. The fourth-order valence-electron chi connectivity index (χ4n) is 4.32. The quantitative estimate of drug-likeness (QED) is 0.771. The van der Waals surface area contributed by atoms with Crippen molar-refractivity contribution < 1.29 is 9.59 Å². The number of likely N-dealkylation sites (tertiary alicyclic amines) is 2. The van der Waals surface area contributed by atoms with E-state index in [4.69, 9.17) is 0 Å². The highest BCUT2D eigenvalue weighted by atomic mass is 16.2. The zero-order valence-corrected chi connectivity index (χ0v) is 18.0. The summed E-state index contributed by atoms with van der Waals surface area (Å²) in [7, 11) is 0. The number of nitrogens with zero attached hydrogens (tertiary/aromatic N) is 2. The van der Waals surface area contributed by atoms with E-state index in [1.165, 1.54) is 19.3 Å². The lowest BCUT2D eigenvalue weighted by Gasteiger charge is -2.33. The Balaban J connectivity index is 1.54. The minimum absolute atomic E-state index is 0.00549. The van der Waals surface area contributed by atoms with E-state index in [1.807, 2.05) is 36.9 Å². The Morgan fingerprint density at radius 2 is 1.90 bits per heavy atom. The van der Waals surface area contributed by atoms with Crippen LogP contribution < -0.4 is 10.6 Å². The summed E-state index contributed by atoms with van der Waals surface area (Å²) >= 11 is 0. The first-order valence-electron chi connectivity index (χ1n) is 11.2. The predicted molar refractivity (Wildman–Crippen MR) is 116 cm³/mol. The smallest absolute Gasteiger partial charge is 0.317 e. The van der Waals surface area contributed by atoms with E-state index >= 15 is 0 Å². The Morgan fingerprint density at radius 1 is 1.10 bits per heavy atom. The Labute approximate surface area is 175 Å². The topological polar surface area (TPSA) is 64.7 Å². The van der Waals surface area contributed by atoms with Crippen molar-refractivity contribution in [2.75, 3.05) is 39.3 Å². The summed E-state index contributed by atoms with van der Waals surface area (Å²) in [5.74, 6) is 0.275. The van der Waals surface area contributed by atoms with Gasteiger partial charge in [0.25, 0.3) is 5.91 Å². The molecule has 29 heavy (non-hydrogen) atoms. The maximum Gasteiger partial charge on any atom is 0.317 e. The third-order valence-electron chi connectivity index (χ3n) is 5.90. The molecule has 3 amide bonds. The van der Waals surface area contributed by atoms with Crippen LogP contribution in [0, 0.1) is 0 Å². The summed E-state index contributed by atoms with van der Waals surface area (Å²) in [5, 5.41) is 6.05. The molecular weight excluding hydrogens is 364 g/mol. The number of carbonyl (C=O) groups excluding carboxylic acids is 2. The van der Waals surface area contributed by atoms with Gasteiger partial charge in [-0.1, -0.05) is 18.6 Å². The van der Waals surface area contributed by atoms with E-state index < -0.39 is 0 Å². The highest BCUT2D eigenvalue weighted by Gasteiger charge is 2.25. The molecule has 2 heterocycles. The number of hydrogen-bond donors (Lipinski definition) is 2. The van der Waals surface area contributed by atoms with Gasteiger partial charge in [0, 0.05) is 43.7 Å². The van der Waals surface area contributed by atoms with Crippen LogP contribution in [0.25, 0.3) is 0 Å². The van der Waals surface area contributed by atoms with Crippen LogP contribution in [0.5, 0.6) is 0 Å². The van der Waals surface area contributed by atoms with Gasteiger partial charge in [-0.15, -0.1) is 0 Å². The predicted octanol–water partition coefficient (Wildman–Crippen LogP) is 3.20. The Bertz CT molecular complexity index is 685. The molecule has 0 bridgehead atoms. The number of nitrogens with one attached hydrogen (secondary N) is 2. The van der Waals surface area contributed by atoms with Crippen molar-refractivity contribution in [3.05, 3.63) is 35.4 Å². The molecule has 6 nitrogen and oxygen atoms in total. The fourth-order valence-corrected chi connectivity index (χ4v) is 4.32. The molecule has 2 fully saturated rings. The molecule has 1 unspecified atom stereocenters. The SMILES string of the molecule is CC(C)NC(=O)N1CCCC(c2cccc(C(=O)NCCN3CCCCC3)c2)C1. The monoisotopic (exact) mass is 400 g/mol. The number of piperidine rings is 2. The third kappa shape index (κ3) is 6.46. The van der Waals surface area contributed by atoms with Crippen LogP contribution >= 0.6 is 0 Å². The first-order chi connectivity index (χ1) is 14.0. The van der Waals surface area contributed by atoms with E-state index in [0.717, 1.165) is 44.6 Å². The van der Waals surface area contributed by atoms with Gasteiger partial charge >= 0.3 is 6.03 Å². The van der Waals surface area contributed by atoms with Crippen molar-refractivity contribution in [1.82, 2.24) is 20.4 Å². The van der Waals surface area contributed by atoms with Gasteiger partial charge < -0.3 is 20.4 Å². The van der Waals surface area contributed by atoms with Crippen LogP contribution in [0.4, 0.5) is 4.79 Å². The van der Waals surface area contributed by atoms with Crippen LogP contribution in [0.15, 0.2) is 24.3 Å².